The number of hydrogen-bond donors (Lipinski definition) is 0. The molecule has 0 amide bonds. The van der Waals surface area contributed by atoms with Crippen molar-refractivity contribution in [2.45, 2.75) is 130 Å². The number of hydrogen-bond acceptors (Lipinski definition) is 0. The SMILES string of the molecule is C=C(CCCC)CCC(=C)CCCC(=C)CCC(C)CCC(=C)CCC(=C)CCCC. The molecule has 0 aliphatic carbocycles. The van der Waals surface area contributed by atoms with E-state index in [9.17, 15) is 0 Å². The van der Waals surface area contributed by atoms with E-state index in [1.165, 1.54) is 92.1 Å². The predicted octanol–water partition coefficient (Wildman–Crippen LogP) is 11.1. The van der Waals surface area contributed by atoms with Gasteiger partial charge in [0.25, 0.3) is 0 Å². The summed E-state index contributed by atoms with van der Waals surface area (Å²) in [5.74, 6) is 0.751. The van der Waals surface area contributed by atoms with Crippen LogP contribution in [0.15, 0.2) is 60.8 Å². The summed E-state index contributed by atoms with van der Waals surface area (Å²) in [5.41, 5.74) is 6.99. The summed E-state index contributed by atoms with van der Waals surface area (Å²) in [6.07, 6.45) is 20.2. The molecular formula is C31H54. The Labute approximate surface area is 196 Å². The molecule has 0 spiro atoms. The molecule has 0 aliphatic heterocycles. The minimum Gasteiger partial charge on any atom is -0.0999 e. The molecule has 0 saturated carbocycles. The van der Waals surface area contributed by atoms with Crippen LogP contribution in [0.1, 0.15) is 130 Å². The van der Waals surface area contributed by atoms with E-state index in [1.807, 2.05) is 0 Å². The lowest BCUT2D eigenvalue weighted by Crippen LogP contribution is -1.98. The Kier molecular flexibility index (Phi) is 18.6. The van der Waals surface area contributed by atoms with E-state index < -0.39 is 0 Å². The zero-order chi connectivity index (χ0) is 23.5. The number of rotatable bonds is 22. The Bertz CT molecular complexity index is 544. The van der Waals surface area contributed by atoms with Crippen LogP contribution in [0.5, 0.6) is 0 Å². The van der Waals surface area contributed by atoms with Crippen molar-refractivity contribution in [2.75, 3.05) is 0 Å². The molecule has 0 nitrogen and oxygen atoms in total. The highest BCUT2D eigenvalue weighted by Gasteiger charge is 2.06. The fourth-order valence-electron chi connectivity index (χ4n) is 3.82. The highest BCUT2D eigenvalue weighted by molar-refractivity contribution is 5.04. The molecule has 0 fully saturated rings. The molecule has 0 heteroatoms. The molecule has 0 aromatic rings. The van der Waals surface area contributed by atoms with Crippen molar-refractivity contribution in [3.63, 3.8) is 0 Å². The van der Waals surface area contributed by atoms with Gasteiger partial charge in [-0.15, -0.1) is 0 Å². The highest BCUT2D eigenvalue weighted by atomic mass is 14.1. The van der Waals surface area contributed by atoms with Gasteiger partial charge in [0.05, 0.1) is 0 Å². The quantitative estimate of drug-likeness (QED) is 0.151. The Hall–Kier alpha value is -1.30. The van der Waals surface area contributed by atoms with Crippen LogP contribution in [0.4, 0.5) is 0 Å². The monoisotopic (exact) mass is 426 g/mol. The summed E-state index contributed by atoms with van der Waals surface area (Å²) < 4.78 is 0. The predicted molar refractivity (Wildman–Crippen MR) is 145 cm³/mol. The molecule has 31 heavy (non-hydrogen) atoms. The average molecular weight is 427 g/mol. The second-order valence-corrected chi connectivity index (χ2v) is 9.99. The Balaban J connectivity index is 3.78. The zero-order valence-corrected chi connectivity index (χ0v) is 21.6. The summed E-state index contributed by atoms with van der Waals surface area (Å²) in [7, 11) is 0. The zero-order valence-electron chi connectivity index (χ0n) is 21.6. The Morgan fingerprint density at radius 1 is 0.452 bits per heavy atom. The van der Waals surface area contributed by atoms with E-state index in [2.05, 4.69) is 53.7 Å². The molecule has 178 valence electrons. The van der Waals surface area contributed by atoms with Crippen molar-refractivity contribution in [2.24, 2.45) is 5.92 Å². The van der Waals surface area contributed by atoms with Crippen LogP contribution >= 0.6 is 0 Å². The maximum Gasteiger partial charge on any atom is -0.0286 e. The van der Waals surface area contributed by atoms with Crippen molar-refractivity contribution in [3.05, 3.63) is 60.8 Å². The van der Waals surface area contributed by atoms with Gasteiger partial charge in [-0.25, -0.2) is 0 Å². The van der Waals surface area contributed by atoms with Gasteiger partial charge in [-0.2, -0.15) is 0 Å². The van der Waals surface area contributed by atoms with Crippen LogP contribution in [-0.4, -0.2) is 0 Å². The maximum atomic E-state index is 4.33. The largest absolute Gasteiger partial charge is 0.0999 e. The van der Waals surface area contributed by atoms with E-state index in [0.29, 0.717) is 0 Å². The highest BCUT2D eigenvalue weighted by Crippen LogP contribution is 2.24. The Morgan fingerprint density at radius 3 is 1.10 bits per heavy atom. The van der Waals surface area contributed by atoms with Crippen LogP contribution in [0.2, 0.25) is 0 Å². The van der Waals surface area contributed by atoms with Crippen LogP contribution < -0.4 is 0 Å². The smallest absolute Gasteiger partial charge is 0.0286 e. The third-order valence-corrected chi connectivity index (χ3v) is 6.47. The topological polar surface area (TPSA) is 0 Å². The van der Waals surface area contributed by atoms with Gasteiger partial charge in [0, 0.05) is 0 Å². The lowest BCUT2D eigenvalue weighted by atomic mass is 9.92. The van der Waals surface area contributed by atoms with Gasteiger partial charge < -0.3 is 0 Å². The molecular weight excluding hydrogens is 372 g/mol. The molecule has 1 atom stereocenters. The van der Waals surface area contributed by atoms with E-state index in [1.54, 1.807) is 0 Å². The lowest BCUT2D eigenvalue weighted by Gasteiger charge is -2.14. The summed E-state index contributed by atoms with van der Waals surface area (Å²) in [4.78, 5) is 0. The fraction of sp³-hybridized carbons (Fsp3) is 0.677. The molecule has 0 heterocycles. The summed E-state index contributed by atoms with van der Waals surface area (Å²) in [6.45, 7) is 28.2. The van der Waals surface area contributed by atoms with Gasteiger partial charge >= 0.3 is 0 Å². The first-order valence-electron chi connectivity index (χ1n) is 13.1. The van der Waals surface area contributed by atoms with E-state index in [0.717, 1.165) is 50.9 Å². The molecule has 0 N–H and O–H groups in total. The third kappa shape index (κ3) is 19.1. The molecule has 0 aromatic heterocycles. The summed E-state index contributed by atoms with van der Waals surface area (Å²) in [5, 5.41) is 0. The van der Waals surface area contributed by atoms with Crippen molar-refractivity contribution < 1.29 is 0 Å². The van der Waals surface area contributed by atoms with E-state index in [4.69, 9.17) is 0 Å². The molecule has 0 saturated heterocycles. The molecule has 0 aliphatic rings. The number of unbranched alkanes of at least 4 members (excludes halogenated alkanes) is 2. The van der Waals surface area contributed by atoms with Crippen LogP contribution in [0.3, 0.4) is 0 Å². The Morgan fingerprint density at radius 2 is 0.742 bits per heavy atom. The van der Waals surface area contributed by atoms with Crippen LogP contribution in [0.25, 0.3) is 0 Å². The number of allylic oxidation sites excluding steroid dienone is 5. The summed E-state index contributed by atoms with van der Waals surface area (Å²) >= 11 is 0. The van der Waals surface area contributed by atoms with Crippen molar-refractivity contribution in [3.8, 4) is 0 Å². The molecule has 0 bridgehead atoms. The minimum atomic E-state index is 0.751. The van der Waals surface area contributed by atoms with Gasteiger partial charge in [-0.1, -0.05) is 94.4 Å². The molecule has 0 rings (SSSR count). The normalized spacial score (nSPS) is 11.8. The van der Waals surface area contributed by atoms with Gasteiger partial charge in [-0.3, -0.25) is 0 Å². The molecule has 1 unspecified atom stereocenters. The first-order chi connectivity index (χ1) is 14.8. The van der Waals surface area contributed by atoms with E-state index >= 15 is 0 Å². The lowest BCUT2D eigenvalue weighted by molar-refractivity contribution is 0.484. The van der Waals surface area contributed by atoms with Crippen molar-refractivity contribution in [1.29, 1.82) is 0 Å². The fourth-order valence-corrected chi connectivity index (χ4v) is 3.82. The van der Waals surface area contributed by atoms with Gasteiger partial charge in [0.1, 0.15) is 0 Å². The maximum absolute atomic E-state index is 4.33. The van der Waals surface area contributed by atoms with Gasteiger partial charge in [-0.05, 0) is 102 Å². The second kappa shape index (κ2) is 19.4. The minimum absolute atomic E-state index is 0.751. The molecule has 0 aromatic carbocycles. The first kappa shape index (κ1) is 29.7. The second-order valence-electron chi connectivity index (χ2n) is 9.99. The van der Waals surface area contributed by atoms with Crippen LogP contribution in [-0.2, 0) is 0 Å². The van der Waals surface area contributed by atoms with Crippen molar-refractivity contribution in [1.82, 2.24) is 0 Å². The third-order valence-electron chi connectivity index (χ3n) is 6.47. The van der Waals surface area contributed by atoms with Gasteiger partial charge in [0.2, 0.25) is 0 Å². The average Bonchev–Trinajstić information content (AvgIpc) is 2.75. The summed E-state index contributed by atoms with van der Waals surface area (Å²) in [6, 6.07) is 0. The van der Waals surface area contributed by atoms with Crippen molar-refractivity contribution >= 4 is 0 Å². The van der Waals surface area contributed by atoms with Gasteiger partial charge in [0.15, 0.2) is 0 Å². The van der Waals surface area contributed by atoms with E-state index in [-0.39, 0.29) is 0 Å². The standard InChI is InChI=1S/C31H54/c1-9-11-14-26(3)18-19-28(5)16-13-17-29(6)21-23-31(8)25-24-30(7)22-20-27(4)15-12-10-2/h31H,3-7,9-25H2,1-2,8H3. The van der Waals surface area contributed by atoms with Crippen LogP contribution in [0, 0.1) is 5.92 Å². The first-order valence-corrected chi connectivity index (χ1v) is 13.1. The molecule has 0 radical (unpaired) electrons.